The van der Waals surface area contributed by atoms with Gasteiger partial charge in [-0.25, -0.2) is 0 Å². The Hall–Kier alpha value is -1.69. The molecule has 5 nitrogen and oxygen atoms in total. The monoisotopic (exact) mass is 278 g/mol. The van der Waals surface area contributed by atoms with Gasteiger partial charge in [-0.2, -0.15) is 16.7 Å². The fourth-order valence-electron chi connectivity index (χ4n) is 2.09. The van der Waals surface area contributed by atoms with Gasteiger partial charge in [-0.1, -0.05) is 5.16 Å². The van der Waals surface area contributed by atoms with E-state index in [2.05, 4.69) is 10.1 Å². The highest BCUT2D eigenvalue weighted by Crippen LogP contribution is 2.39. The minimum Gasteiger partial charge on any atom is -0.504 e. The highest BCUT2D eigenvalue weighted by molar-refractivity contribution is 7.99. The topological polar surface area (TPSA) is 68.4 Å². The standard InChI is InChI=1S/C13H14N2O3S/c1-17-10-5-4-8(7-9(10)16)13-14-12(15-18-13)11-3-2-6-19-11/h4-5,7,11,16H,2-3,6H2,1H3. The summed E-state index contributed by atoms with van der Waals surface area (Å²) in [6.07, 6.45) is 2.29. The molecule has 100 valence electrons. The minimum atomic E-state index is 0.0648. The van der Waals surface area contributed by atoms with E-state index in [1.165, 1.54) is 13.5 Å². The molecule has 0 bridgehead atoms. The summed E-state index contributed by atoms with van der Waals surface area (Å²) in [6, 6.07) is 5.04. The van der Waals surface area contributed by atoms with Gasteiger partial charge in [0.1, 0.15) is 0 Å². The first-order valence-electron chi connectivity index (χ1n) is 6.10. The molecule has 1 unspecified atom stereocenters. The fraction of sp³-hybridized carbons (Fsp3) is 0.385. The number of ether oxygens (including phenoxy) is 1. The first kappa shape index (κ1) is 12.3. The quantitative estimate of drug-likeness (QED) is 0.930. The number of benzene rings is 1. The minimum absolute atomic E-state index is 0.0648. The second-order valence-electron chi connectivity index (χ2n) is 4.35. The lowest BCUT2D eigenvalue weighted by molar-refractivity contribution is 0.373. The Morgan fingerprint density at radius 3 is 3.05 bits per heavy atom. The Morgan fingerprint density at radius 1 is 1.47 bits per heavy atom. The summed E-state index contributed by atoms with van der Waals surface area (Å²) in [6.45, 7) is 0. The molecule has 0 amide bonds. The van der Waals surface area contributed by atoms with E-state index < -0.39 is 0 Å². The van der Waals surface area contributed by atoms with Gasteiger partial charge in [-0.3, -0.25) is 0 Å². The zero-order valence-corrected chi connectivity index (χ0v) is 11.3. The second-order valence-corrected chi connectivity index (χ2v) is 5.66. The van der Waals surface area contributed by atoms with E-state index >= 15 is 0 Å². The zero-order chi connectivity index (χ0) is 13.2. The molecule has 6 heteroatoms. The average molecular weight is 278 g/mol. The molecule has 19 heavy (non-hydrogen) atoms. The molecule has 1 saturated heterocycles. The molecular weight excluding hydrogens is 264 g/mol. The normalized spacial score (nSPS) is 18.7. The third-order valence-electron chi connectivity index (χ3n) is 3.09. The van der Waals surface area contributed by atoms with Crippen molar-refractivity contribution >= 4 is 11.8 Å². The highest BCUT2D eigenvalue weighted by atomic mass is 32.2. The van der Waals surface area contributed by atoms with Crippen LogP contribution in [0.25, 0.3) is 11.5 Å². The third-order valence-corrected chi connectivity index (χ3v) is 4.46. The van der Waals surface area contributed by atoms with Gasteiger partial charge in [0.05, 0.1) is 12.4 Å². The van der Waals surface area contributed by atoms with Crippen molar-refractivity contribution in [2.45, 2.75) is 18.1 Å². The van der Waals surface area contributed by atoms with Crippen molar-refractivity contribution in [3.63, 3.8) is 0 Å². The molecule has 1 fully saturated rings. The van der Waals surface area contributed by atoms with Gasteiger partial charge in [-0.05, 0) is 36.8 Å². The summed E-state index contributed by atoms with van der Waals surface area (Å²) >= 11 is 1.86. The molecule has 1 aromatic heterocycles. The van der Waals surface area contributed by atoms with E-state index in [0.717, 1.165) is 18.0 Å². The predicted molar refractivity (Wildman–Crippen MR) is 72.4 cm³/mol. The van der Waals surface area contributed by atoms with Crippen LogP contribution in [0.2, 0.25) is 0 Å². The lowest BCUT2D eigenvalue weighted by Gasteiger charge is -2.03. The van der Waals surface area contributed by atoms with Gasteiger partial charge in [0.25, 0.3) is 5.89 Å². The molecule has 1 aliphatic rings. The number of phenols is 1. The number of methoxy groups -OCH3 is 1. The van der Waals surface area contributed by atoms with Crippen LogP contribution in [0.1, 0.15) is 23.9 Å². The number of hydrogen-bond donors (Lipinski definition) is 1. The van der Waals surface area contributed by atoms with E-state index in [0.29, 0.717) is 22.5 Å². The van der Waals surface area contributed by atoms with E-state index in [9.17, 15) is 5.11 Å². The molecule has 1 N–H and O–H groups in total. The summed E-state index contributed by atoms with van der Waals surface area (Å²) in [5, 5.41) is 14.1. The number of phenolic OH excluding ortho intramolecular Hbond substituents is 1. The first-order valence-corrected chi connectivity index (χ1v) is 7.15. The number of aromatic nitrogens is 2. The van der Waals surface area contributed by atoms with Crippen molar-refractivity contribution in [3.8, 4) is 23.0 Å². The Kier molecular flexibility index (Phi) is 3.33. The van der Waals surface area contributed by atoms with Crippen molar-refractivity contribution < 1.29 is 14.4 Å². The molecule has 3 rings (SSSR count). The molecule has 0 aliphatic carbocycles. The van der Waals surface area contributed by atoms with E-state index in [1.54, 1.807) is 18.2 Å². The molecular formula is C13H14N2O3S. The zero-order valence-electron chi connectivity index (χ0n) is 10.5. The number of nitrogens with zero attached hydrogens (tertiary/aromatic N) is 2. The number of thioether (sulfide) groups is 1. The Morgan fingerprint density at radius 2 is 2.37 bits per heavy atom. The van der Waals surface area contributed by atoms with Crippen LogP contribution in [0.4, 0.5) is 0 Å². The highest BCUT2D eigenvalue weighted by Gasteiger charge is 2.23. The predicted octanol–water partition coefficient (Wildman–Crippen LogP) is 3.02. The summed E-state index contributed by atoms with van der Waals surface area (Å²) < 4.78 is 10.3. The van der Waals surface area contributed by atoms with Crippen LogP contribution in [-0.2, 0) is 0 Å². The average Bonchev–Trinajstić information content (AvgIpc) is 3.09. The van der Waals surface area contributed by atoms with Crippen LogP contribution in [0.3, 0.4) is 0 Å². The van der Waals surface area contributed by atoms with Crippen LogP contribution in [0, 0.1) is 0 Å². The Bertz CT molecular complexity index is 579. The molecule has 0 spiro atoms. The lowest BCUT2D eigenvalue weighted by Crippen LogP contribution is -1.91. The van der Waals surface area contributed by atoms with Crippen molar-refractivity contribution in [2.24, 2.45) is 0 Å². The van der Waals surface area contributed by atoms with Crippen molar-refractivity contribution in [3.05, 3.63) is 24.0 Å². The lowest BCUT2D eigenvalue weighted by atomic mass is 10.2. The largest absolute Gasteiger partial charge is 0.504 e. The van der Waals surface area contributed by atoms with Gasteiger partial charge in [-0.15, -0.1) is 0 Å². The maximum absolute atomic E-state index is 9.75. The first-order chi connectivity index (χ1) is 9.28. The van der Waals surface area contributed by atoms with Gasteiger partial charge in [0, 0.05) is 5.56 Å². The van der Waals surface area contributed by atoms with Crippen LogP contribution in [-0.4, -0.2) is 28.1 Å². The maximum Gasteiger partial charge on any atom is 0.258 e. The summed E-state index contributed by atoms with van der Waals surface area (Å²) in [5.74, 6) is 2.82. The second kappa shape index (κ2) is 5.13. The van der Waals surface area contributed by atoms with Crippen LogP contribution in [0.5, 0.6) is 11.5 Å². The van der Waals surface area contributed by atoms with Gasteiger partial charge >= 0.3 is 0 Å². The number of rotatable bonds is 3. The maximum atomic E-state index is 9.75. The molecule has 1 aliphatic heterocycles. The number of aromatic hydroxyl groups is 1. The fourth-order valence-corrected chi connectivity index (χ4v) is 3.28. The van der Waals surface area contributed by atoms with E-state index in [-0.39, 0.29) is 5.75 Å². The SMILES string of the molecule is COc1ccc(-c2nc(C3CCCS3)no2)cc1O. The molecule has 0 saturated carbocycles. The summed E-state index contributed by atoms with van der Waals surface area (Å²) in [7, 11) is 1.51. The van der Waals surface area contributed by atoms with Gasteiger partial charge in [0.2, 0.25) is 0 Å². The van der Waals surface area contributed by atoms with E-state index in [1.807, 2.05) is 11.8 Å². The van der Waals surface area contributed by atoms with Gasteiger partial charge < -0.3 is 14.4 Å². The van der Waals surface area contributed by atoms with Crippen molar-refractivity contribution in [1.82, 2.24) is 10.1 Å². The molecule has 2 aromatic rings. The summed E-state index contributed by atoms with van der Waals surface area (Å²) in [5.41, 5.74) is 0.694. The Balaban J connectivity index is 1.87. The van der Waals surface area contributed by atoms with Crippen LogP contribution >= 0.6 is 11.8 Å². The molecule has 1 aromatic carbocycles. The number of hydrogen-bond acceptors (Lipinski definition) is 6. The van der Waals surface area contributed by atoms with Gasteiger partial charge in [0.15, 0.2) is 17.3 Å². The van der Waals surface area contributed by atoms with Crippen molar-refractivity contribution in [1.29, 1.82) is 0 Å². The van der Waals surface area contributed by atoms with E-state index in [4.69, 9.17) is 9.26 Å². The Labute approximate surface area is 115 Å². The molecule has 1 atom stereocenters. The van der Waals surface area contributed by atoms with Crippen LogP contribution in [0.15, 0.2) is 22.7 Å². The summed E-state index contributed by atoms with van der Waals surface area (Å²) in [4.78, 5) is 4.41. The third kappa shape index (κ3) is 2.40. The molecule has 2 heterocycles. The van der Waals surface area contributed by atoms with Crippen molar-refractivity contribution in [2.75, 3.05) is 12.9 Å². The van der Waals surface area contributed by atoms with Crippen LogP contribution < -0.4 is 4.74 Å². The smallest absolute Gasteiger partial charge is 0.258 e. The molecule has 0 radical (unpaired) electrons.